The van der Waals surface area contributed by atoms with Crippen molar-refractivity contribution in [2.75, 3.05) is 13.1 Å². The van der Waals surface area contributed by atoms with Crippen molar-refractivity contribution in [3.8, 4) is 0 Å². The highest BCUT2D eigenvalue weighted by Crippen LogP contribution is 2.16. The van der Waals surface area contributed by atoms with Crippen LogP contribution in [0.25, 0.3) is 0 Å². The Morgan fingerprint density at radius 2 is 2.07 bits per heavy atom. The molecule has 1 unspecified atom stereocenters. The number of hydrogen-bond acceptors (Lipinski definition) is 2. The molecule has 0 saturated heterocycles. The quantitative estimate of drug-likeness (QED) is 0.480. The Bertz CT molecular complexity index is 200. The van der Waals surface area contributed by atoms with Crippen LogP contribution in [-0.4, -0.2) is 24.2 Å². The fraction of sp³-hybridized carbons (Fsp3) is 0.750. The molecule has 0 aromatic carbocycles. The van der Waals surface area contributed by atoms with Crippen LogP contribution in [0, 0.1) is 11.8 Å². The molecule has 0 heterocycles. The molecule has 0 radical (unpaired) electrons. The zero-order chi connectivity index (χ0) is 11.7. The molecule has 0 aromatic heterocycles. The number of hydrogen-bond donors (Lipinski definition) is 2. The molecule has 0 aliphatic carbocycles. The monoisotopic (exact) mass is 213 g/mol. The molecule has 0 rings (SSSR count). The number of nitrogens with one attached hydrogen (secondary N) is 1. The number of allylic oxidation sites excluding steroid dienone is 1. The standard InChI is InChI=1S/C12H23NO2/c1-4-8-13-9-7-11(10(2)3)5-6-12(14)15/h5-6,10-11,13H,4,7-9H2,1-3H3,(H,14,15). The number of rotatable bonds is 8. The summed E-state index contributed by atoms with van der Waals surface area (Å²) in [4.78, 5) is 10.4. The summed E-state index contributed by atoms with van der Waals surface area (Å²) in [6.07, 6.45) is 5.20. The fourth-order valence-corrected chi connectivity index (χ4v) is 1.43. The number of carbonyl (C=O) groups is 1. The van der Waals surface area contributed by atoms with Gasteiger partial charge in [0.25, 0.3) is 0 Å². The van der Waals surface area contributed by atoms with Gasteiger partial charge in [0, 0.05) is 6.08 Å². The van der Waals surface area contributed by atoms with Crippen molar-refractivity contribution in [1.29, 1.82) is 0 Å². The maximum Gasteiger partial charge on any atom is 0.327 e. The van der Waals surface area contributed by atoms with Gasteiger partial charge in [-0.2, -0.15) is 0 Å². The molecule has 0 amide bonds. The van der Waals surface area contributed by atoms with E-state index < -0.39 is 5.97 Å². The van der Waals surface area contributed by atoms with Gasteiger partial charge in [0.1, 0.15) is 0 Å². The van der Waals surface area contributed by atoms with Gasteiger partial charge in [0.2, 0.25) is 0 Å². The highest BCUT2D eigenvalue weighted by molar-refractivity contribution is 5.79. The summed E-state index contributed by atoms with van der Waals surface area (Å²) >= 11 is 0. The van der Waals surface area contributed by atoms with Crippen molar-refractivity contribution in [3.05, 3.63) is 12.2 Å². The Morgan fingerprint density at radius 3 is 2.53 bits per heavy atom. The first-order valence-electron chi connectivity index (χ1n) is 5.69. The van der Waals surface area contributed by atoms with Crippen LogP contribution < -0.4 is 5.32 Å². The molecular weight excluding hydrogens is 190 g/mol. The van der Waals surface area contributed by atoms with E-state index >= 15 is 0 Å². The third-order valence-electron chi connectivity index (χ3n) is 2.42. The van der Waals surface area contributed by atoms with Crippen molar-refractivity contribution in [2.24, 2.45) is 11.8 Å². The van der Waals surface area contributed by atoms with E-state index in [1.807, 2.05) is 0 Å². The van der Waals surface area contributed by atoms with Crippen LogP contribution in [-0.2, 0) is 4.79 Å². The summed E-state index contributed by atoms with van der Waals surface area (Å²) in [6, 6.07) is 0. The lowest BCUT2D eigenvalue weighted by Crippen LogP contribution is -2.20. The van der Waals surface area contributed by atoms with Crippen LogP contribution >= 0.6 is 0 Å². The van der Waals surface area contributed by atoms with Gasteiger partial charge < -0.3 is 10.4 Å². The van der Waals surface area contributed by atoms with Gasteiger partial charge in [-0.1, -0.05) is 26.8 Å². The molecule has 0 spiro atoms. The van der Waals surface area contributed by atoms with E-state index in [0.717, 1.165) is 25.9 Å². The minimum Gasteiger partial charge on any atom is -0.478 e. The van der Waals surface area contributed by atoms with E-state index in [0.29, 0.717) is 11.8 Å². The molecular formula is C12H23NO2. The van der Waals surface area contributed by atoms with E-state index in [-0.39, 0.29) is 0 Å². The van der Waals surface area contributed by atoms with Gasteiger partial charge in [-0.25, -0.2) is 4.79 Å². The van der Waals surface area contributed by atoms with E-state index in [1.54, 1.807) is 6.08 Å². The molecule has 3 heteroatoms. The van der Waals surface area contributed by atoms with Crippen molar-refractivity contribution < 1.29 is 9.90 Å². The number of aliphatic carboxylic acids is 1. The molecule has 0 fully saturated rings. The molecule has 2 N–H and O–H groups in total. The zero-order valence-corrected chi connectivity index (χ0v) is 9.99. The Labute approximate surface area is 92.6 Å². The molecule has 0 aliphatic rings. The molecule has 0 saturated carbocycles. The topological polar surface area (TPSA) is 49.3 Å². The lowest BCUT2D eigenvalue weighted by atomic mass is 9.92. The Balaban J connectivity index is 3.89. The predicted molar refractivity (Wildman–Crippen MR) is 62.9 cm³/mol. The second-order valence-corrected chi connectivity index (χ2v) is 4.14. The van der Waals surface area contributed by atoms with Crippen LogP contribution in [0.1, 0.15) is 33.6 Å². The minimum absolute atomic E-state index is 0.352. The Kier molecular flexibility index (Phi) is 8.01. The van der Waals surface area contributed by atoms with Crippen molar-refractivity contribution in [3.63, 3.8) is 0 Å². The summed E-state index contributed by atoms with van der Waals surface area (Å²) in [5, 5.41) is 11.9. The van der Waals surface area contributed by atoms with Crippen molar-refractivity contribution in [2.45, 2.75) is 33.6 Å². The predicted octanol–water partition coefficient (Wildman–Crippen LogP) is 2.29. The third kappa shape index (κ3) is 8.18. The van der Waals surface area contributed by atoms with Crippen LogP contribution in [0.5, 0.6) is 0 Å². The van der Waals surface area contributed by atoms with Gasteiger partial charge in [0.05, 0.1) is 0 Å². The smallest absolute Gasteiger partial charge is 0.327 e. The average molecular weight is 213 g/mol. The van der Waals surface area contributed by atoms with Gasteiger partial charge in [-0.05, 0) is 37.8 Å². The van der Waals surface area contributed by atoms with Crippen LogP contribution in [0.2, 0.25) is 0 Å². The fourth-order valence-electron chi connectivity index (χ4n) is 1.43. The van der Waals surface area contributed by atoms with Crippen LogP contribution in [0.3, 0.4) is 0 Å². The lowest BCUT2D eigenvalue weighted by Gasteiger charge is -2.16. The Hall–Kier alpha value is -0.830. The summed E-state index contributed by atoms with van der Waals surface area (Å²) in [5.74, 6) is -0.0170. The number of carboxylic acids is 1. The maximum absolute atomic E-state index is 10.4. The molecule has 1 atom stereocenters. The van der Waals surface area contributed by atoms with Crippen LogP contribution in [0.15, 0.2) is 12.2 Å². The molecule has 0 aliphatic heterocycles. The van der Waals surface area contributed by atoms with E-state index in [1.165, 1.54) is 6.08 Å². The second-order valence-electron chi connectivity index (χ2n) is 4.14. The summed E-state index contributed by atoms with van der Waals surface area (Å²) in [5.41, 5.74) is 0. The normalized spacial score (nSPS) is 13.6. The Morgan fingerprint density at radius 1 is 1.40 bits per heavy atom. The van der Waals surface area contributed by atoms with E-state index in [4.69, 9.17) is 5.11 Å². The largest absolute Gasteiger partial charge is 0.478 e. The van der Waals surface area contributed by atoms with Crippen molar-refractivity contribution in [1.82, 2.24) is 5.32 Å². The average Bonchev–Trinajstić information content (AvgIpc) is 2.15. The second kappa shape index (κ2) is 8.48. The summed E-state index contributed by atoms with van der Waals surface area (Å²) in [6.45, 7) is 8.37. The maximum atomic E-state index is 10.4. The lowest BCUT2D eigenvalue weighted by molar-refractivity contribution is -0.131. The third-order valence-corrected chi connectivity index (χ3v) is 2.42. The highest BCUT2D eigenvalue weighted by Gasteiger charge is 2.09. The van der Waals surface area contributed by atoms with Gasteiger partial charge in [0.15, 0.2) is 0 Å². The molecule has 15 heavy (non-hydrogen) atoms. The summed E-state index contributed by atoms with van der Waals surface area (Å²) < 4.78 is 0. The minimum atomic E-state index is -0.859. The molecule has 0 bridgehead atoms. The van der Waals surface area contributed by atoms with E-state index in [9.17, 15) is 4.79 Å². The van der Waals surface area contributed by atoms with E-state index in [2.05, 4.69) is 26.1 Å². The number of carboxylic acid groups (broad SMARTS) is 1. The zero-order valence-electron chi connectivity index (χ0n) is 9.99. The molecule has 0 aromatic rings. The van der Waals surface area contributed by atoms with Gasteiger partial charge >= 0.3 is 5.97 Å². The molecule has 88 valence electrons. The highest BCUT2D eigenvalue weighted by atomic mass is 16.4. The first kappa shape index (κ1) is 14.2. The first-order valence-corrected chi connectivity index (χ1v) is 5.69. The van der Waals surface area contributed by atoms with Gasteiger partial charge in [-0.3, -0.25) is 0 Å². The SMILES string of the molecule is CCCNCCC(C=CC(=O)O)C(C)C. The first-order chi connectivity index (χ1) is 7.07. The summed E-state index contributed by atoms with van der Waals surface area (Å²) in [7, 11) is 0. The van der Waals surface area contributed by atoms with Crippen LogP contribution in [0.4, 0.5) is 0 Å². The van der Waals surface area contributed by atoms with Crippen molar-refractivity contribution >= 4 is 5.97 Å². The molecule has 3 nitrogen and oxygen atoms in total. The van der Waals surface area contributed by atoms with Gasteiger partial charge in [-0.15, -0.1) is 0 Å².